The molecule has 0 aliphatic heterocycles. The van der Waals surface area contributed by atoms with Gasteiger partial charge >= 0.3 is 0 Å². The molecule has 3 heteroatoms. The van der Waals surface area contributed by atoms with Gasteiger partial charge in [-0.25, -0.2) is 4.39 Å². The number of hydrogen-bond donors (Lipinski definition) is 1. The summed E-state index contributed by atoms with van der Waals surface area (Å²) in [5, 5.41) is 3.71. The average Bonchev–Trinajstić information content (AvgIpc) is 2.60. The molecule has 0 saturated carbocycles. The van der Waals surface area contributed by atoms with Crippen LogP contribution in [0.15, 0.2) is 28.9 Å². The number of furan rings is 1. The molecule has 2 rings (SSSR count). The van der Waals surface area contributed by atoms with Crippen LogP contribution in [-0.2, 0) is 6.42 Å². The number of rotatable bonds is 3. The fraction of sp³-hybridized carbons (Fsp3) is 0.333. The summed E-state index contributed by atoms with van der Waals surface area (Å²) < 4.78 is 18.2. The van der Waals surface area contributed by atoms with Crippen LogP contribution >= 0.6 is 0 Å². The summed E-state index contributed by atoms with van der Waals surface area (Å²) in [6.07, 6.45) is 2.06. The summed E-state index contributed by atoms with van der Waals surface area (Å²) in [7, 11) is 1.93. The summed E-state index contributed by atoms with van der Waals surface area (Å²) >= 11 is 0. The maximum absolute atomic E-state index is 13.1. The Morgan fingerprint density at radius 3 is 3.00 bits per heavy atom. The van der Waals surface area contributed by atoms with E-state index in [0.29, 0.717) is 17.0 Å². The second-order valence-corrected chi connectivity index (χ2v) is 3.81. The Bertz CT molecular complexity index is 464. The molecule has 1 aromatic carbocycles. The van der Waals surface area contributed by atoms with E-state index in [1.807, 2.05) is 19.2 Å². The van der Waals surface area contributed by atoms with Crippen molar-refractivity contribution in [3.05, 3.63) is 35.8 Å². The zero-order chi connectivity index (χ0) is 10.8. The molecule has 0 radical (unpaired) electrons. The molecule has 80 valence electrons. The largest absolute Gasteiger partial charge is 0.461 e. The van der Waals surface area contributed by atoms with E-state index in [-0.39, 0.29) is 5.82 Å². The molecular weight excluding hydrogens is 193 g/mol. The van der Waals surface area contributed by atoms with Gasteiger partial charge in [0.05, 0.1) is 5.39 Å². The van der Waals surface area contributed by atoms with Crippen LogP contribution in [0.3, 0.4) is 0 Å². The van der Waals surface area contributed by atoms with E-state index in [4.69, 9.17) is 4.42 Å². The highest BCUT2D eigenvalue weighted by Crippen LogP contribution is 2.21. The molecule has 1 atom stereocenters. The van der Waals surface area contributed by atoms with E-state index in [9.17, 15) is 4.39 Å². The third-order valence-corrected chi connectivity index (χ3v) is 2.63. The lowest BCUT2D eigenvalue weighted by molar-refractivity contribution is 0.557. The molecule has 0 spiro atoms. The predicted molar refractivity (Wildman–Crippen MR) is 58.4 cm³/mol. The van der Waals surface area contributed by atoms with Gasteiger partial charge in [-0.3, -0.25) is 0 Å². The summed E-state index contributed by atoms with van der Waals surface area (Å²) in [5.41, 5.74) is 1.77. The Labute approximate surface area is 88.1 Å². The number of halogens is 1. The van der Waals surface area contributed by atoms with Crippen molar-refractivity contribution in [3.63, 3.8) is 0 Å². The molecule has 2 aromatic rings. The standard InChI is InChI=1S/C12H14FNO/c1-8(14-2)5-9-3-4-10-11(13)7-15-12(10)6-9/h3-4,6-8,14H,5H2,1-2H3. The molecule has 2 nitrogen and oxygen atoms in total. The molecule has 15 heavy (non-hydrogen) atoms. The predicted octanol–water partition coefficient (Wildman–Crippen LogP) is 2.72. The number of likely N-dealkylation sites (N-methyl/N-ethyl adjacent to an activating group) is 1. The minimum absolute atomic E-state index is 0.293. The summed E-state index contributed by atoms with van der Waals surface area (Å²) in [4.78, 5) is 0. The molecule has 1 aromatic heterocycles. The van der Waals surface area contributed by atoms with Crippen LogP contribution in [0.25, 0.3) is 11.0 Å². The fourth-order valence-corrected chi connectivity index (χ4v) is 1.62. The third-order valence-electron chi connectivity index (χ3n) is 2.63. The normalized spacial score (nSPS) is 13.3. The molecule has 1 N–H and O–H groups in total. The van der Waals surface area contributed by atoms with Crippen LogP contribution in [0.4, 0.5) is 4.39 Å². The third kappa shape index (κ3) is 2.02. The van der Waals surface area contributed by atoms with Gasteiger partial charge in [-0.1, -0.05) is 6.07 Å². The first-order valence-electron chi connectivity index (χ1n) is 5.03. The second-order valence-electron chi connectivity index (χ2n) is 3.81. The molecule has 0 fully saturated rings. The Morgan fingerprint density at radius 1 is 1.47 bits per heavy atom. The zero-order valence-electron chi connectivity index (χ0n) is 8.88. The lowest BCUT2D eigenvalue weighted by Crippen LogP contribution is -2.23. The van der Waals surface area contributed by atoms with Crippen LogP contribution in [0.1, 0.15) is 12.5 Å². The van der Waals surface area contributed by atoms with Crippen LogP contribution in [0, 0.1) is 5.82 Å². The maximum Gasteiger partial charge on any atom is 0.169 e. The summed E-state index contributed by atoms with van der Waals surface area (Å²) in [6, 6.07) is 6.01. The first-order valence-corrected chi connectivity index (χ1v) is 5.03. The van der Waals surface area contributed by atoms with Gasteiger partial charge in [0, 0.05) is 6.04 Å². The van der Waals surface area contributed by atoms with Crippen molar-refractivity contribution in [2.24, 2.45) is 0 Å². The quantitative estimate of drug-likeness (QED) is 0.837. The van der Waals surface area contributed by atoms with Crippen molar-refractivity contribution in [1.29, 1.82) is 0 Å². The average molecular weight is 207 g/mol. The molecule has 0 aliphatic carbocycles. The Balaban J connectivity index is 2.31. The highest BCUT2D eigenvalue weighted by atomic mass is 19.1. The summed E-state index contributed by atoms with van der Waals surface area (Å²) in [5.74, 6) is -0.293. The highest BCUT2D eigenvalue weighted by molar-refractivity contribution is 5.78. The lowest BCUT2D eigenvalue weighted by atomic mass is 10.1. The van der Waals surface area contributed by atoms with Gasteiger partial charge in [-0.2, -0.15) is 0 Å². The van der Waals surface area contributed by atoms with Crippen molar-refractivity contribution in [3.8, 4) is 0 Å². The van der Waals surface area contributed by atoms with Crippen LogP contribution in [-0.4, -0.2) is 13.1 Å². The minimum atomic E-state index is -0.293. The molecule has 0 aliphatic rings. The summed E-state index contributed by atoms with van der Waals surface area (Å²) in [6.45, 7) is 2.10. The maximum atomic E-state index is 13.1. The van der Waals surface area contributed by atoms with E-state index in [0.717, 1.165) is 18.2 Å². The molecule has 0 saturated heterocycles. The van der Waals surface area contributed by atoms with Gasteiger partial charge in [0.15, 0.2) is 5.82 Å². The molecule has 0 amide bonds. The van der Waals surface area contributed by atoms with Gasteiger partial charge in [0.25, 0.3) is 0 Å². The number of fused-ring (bicyclic) bond motifs is 1. The zero-order valence-corrected chi connectivity index (χ0v) is 8.88. The lowest BCUT2D eigenvalue weighted by Gasteiger charge is -2.09. The molecule has 1 unspecified atom stereocenters. The van der Waals surface area contributed by atoms with Crippen molar-refractivity contribution < 1.29 is 8.81 Å². The van der Waals surface area contributed by atoms with Gasteiger partial charge in [0.2, 0.25) is 0 Å². The second kappa shape index (κ2) is 4.03. The Hall–Kier alpha value is -1.35. The number of nitrogens with one attached hydrogen (secondary N) is 1. The number of hydrogen-bond acceptors (Lipinski definition) is 2. The van der Waals surface area contributed by atoms with E-state index in [1.54, 1.807) is 6.07 Å². The Morgan fingerprint density at radius 2 is 2.27 bits per heavy atom. The SMILES string of the molecule is CNC(C)Cc1ccc2c(F)coc2c1. The minimum Gasteiger partial charge on any atom is -0.461 e. The van der Waals surface area contributed by atoms with Crippen LogP contribution < -0.4 is 5.32 Å². The van der Waals surface area contributed by atoms with Gasteiger partial charge in [-0.05, 0) is 38.1 Å². The molecular formula is C12H14FNO. The Kier molecular flexibility index (Phi) is 2.73. The van der Waals surface area contributed by atoms with Crippen molar-refractivity contribution in [2.75, 3.05) is 7.05 Å². The first-order chi connectivity index (χ1) is 7.20. The number of benzene rings is 1. The van der Waals surface area contributed by atoms with Crippen molar-refractivity contribution in [2.45, 2.75) is 19.4 Å². The monoisotopic (exact) mass is 207 g/mol. The van der Waals surface area contributed by atoms with Gasteiger partial charge < -0.3 is 9.73 Å². The van der Waals surface area contributed by atoms with Crippen molar-refractivity contribution in [1.82, 2.24) is 5.32 Å². The van der Waals surface area contributed by atoms with E-state index >= 15 is 0 Å². The topological polar surface area (TPSA) is 25.2 Å². The van der Waals surface area contributed by atoms with Crippen molar-refractivity contribution >= 4 is 11.0 Å². The van der Waals surface area contributed by atoms with E-state index in [2.05, 4.69) is 12.2 Å². The molecule has 1 heterocycles. The highest BCUT2D eigenvalue weighted by Gasteiger charge is 2.07. The van der Waals surface area contributed by atoms with E-state index in [1.165, 1.54) is 0 Å². The first kappa shape index (κ1) is 10.2. The van der Waals surface area contributed by atoms with Crippen LogP contribution in [0.2, 0.25) is 0 Å². The fourth-order valence-electron chi connectivity index (χ4n) is 1.62. The van der Waals surface area contributed by atoms with Crippen LogP contribution in [0.5, 0.6) is 0 Å². The smallest absolute Gasteiger partial charge is 0.169 e. The van der Waals surface area contributed by atoms with Gasteiger partial charge in [0.1, 0.15) is 11.8 Å². The molecule has 0 bridgehead atoms. The van der Waals surface area contributed by atoms with E-state index < -0.39 is 0 Å². The van der Waals surface area contributed by atoms with Gasteiger partial charge in [-0.15, -0.1) is 0 Å².